The van der Waals surface area contributed by atoms with Crippen LogP contribution in [0.15, 0.2) is 36.4 Å². The molecule has 0 radical (unpaired) electrons. The number of nitrogens with zero attached hydrogens (tertiary/aromatic N) is 2. The van der Waals surface area contributed by atoms with Gasteiger partial charge >= 0.3 is 12.1 Å². The van der Waals surface area contributed by atoms with Gasteiger partial charge in [-0.2, -0.15) is 13.2 Å². The Kier molecular flexibility index (Phi) is 6.04. The smallest absolute Gasteiger partial charge is 0.433 e. The van der Waals surface area contributed by atoms with Crippen molar-refractivity contribution in [2.45, 2.75) is 19.6 Å². The van der Waals surface area contributed by atoms with Gasteiger partial charge in [0, 0.05) is 13.6 Å². The van der Waals surface area contributed by atoms with Crippen molar-refractivity contribution < 1.29 is 32.6 Å². The molecule has 0 spiro atoms. The van der Waals surface area contributed by atoms with Crippen LogP contribution in [-0.2, 0) is 17.5 Å². The number of hydrogen-bond acceptors (Lipinski definition) is 4. The first-order chi connectivity index (χ1) is 12.6. The normalized spacial score (nSPS) is 11.1. The molecule has 0 atom stereocenters. The molecule has 9 heteroatoms. The van der Waals surface area contributed by atoms with Gasteiger partial charge in [-0.1, -0.05) is 12.1 Å². The number of benzene rings is 1. The number of alkyl halides is 3. The molecular formula is C18H17F3N2O4. The molecule has 1 heterocycles. The number of aryl methyl sites for hydroxylation is 1. The van der Waals surface area contributed by atoms with E-state index in [1.165, 1.54) is 18.9 Å². The van der Waals surface area contributed by atoms with E-state index in [1.54, 1.807) is 24.3 Å². The Labute approximate surface area is 153 Å². The average Bonchev–Trinajstić information content (AvgIpc) is 2.59. The molecule has 144 valence electrons. The summed E-state index contributed by atoms with van der Waals surface area (Å²) in [7, 11) is 1.52. The Bertz CT molecular complexity index is 835. The number of aliphatic carboxylic acids is 1. The fourth-order valence-corrected chi connectivity index (χ4v) is 2.33. The van der Waals surface area contributed by atoms with Crippen LogP contribution in [0.2, 0.25) is 0 Å². The van der Waals surface area contributed by atoms with Crippen molar-refractivity contribution in [1.82, 2.24) is 9.88 Å². The van der Waals surface area contributed by atoms with Crippen molar-refractivity contribution >= 4 is 11.9 Å². The lowest BCUT2D eigenvalue weighted by atomic mass is 10.1. The number of rotatable bonds is 6. The number of aromatic nitrogens is 1. The Morgan fingerprint density at radius 2 is 1.78 bits per heavy atom. The van der Waals surface area contributed by atoms with Crippen LogP contribution in [0.25, 0.3) is 0 Å². The van der Waals surface area contributed by atoms with E-state index in [1.807, 2.05) is 0 Å². The minimum absolute atomic E-state index is 0.000839. The second kappa shape index (κ2) is 8.07. The Morgan fingerprint density at radius 3 is 2.30 bits per heavy atom. The lowest BCUT2D eigenvalue weighted by Gasteiger charge is -2.19. The van der Waals surface area contributed by atoms with E-state index < -0.39 is 30.4 Å². The van der Waals surface area contributed by atoms with Crippen molar-refractivity contribution in [1.29, 1.82) is 0 Å². The van der Waals surface area contributed by atoms with E-state index in [4.69, 9.17) is 9.84 Å². The van der Waals surface area contributed by atoms with Crippen molar-refractivity contribution in [3.05, 3.63) is 58.9 Å². The fraction of sp³-hybridized carbons (Fsp3) is 0.278. The maximum atomic E-state index is 12.7. The van der Waals surface area contributed by atoms with Gasteiger partial charge < -0.3 is 14.7 Å². The third-order valence-corrected chi connectivity index (χ3v) is 3.66. The summed E-state index contributed by atoms with van der Waals surface area (Å²) in [5, 5.41) is 8.57. The van der Waals surface area contributed by atoms with Gasteiger partial charge in [0.15, 0.2) is 6.61 Å². The predicted octanol–water partition coefficient (Wildman–Crippen LogP) is 3.14. The van der Waals surface area contributed by atoms with Crippen molar-refractivity contribution in [2.24, 2.45) is 0 Å². The van der Waals surface area contributed by atoms with Crippen LogP contribution in [0.1, 0.15) is 27.3 Å². The molecule has 27 heavy (non-hydrogen) atoms. The van der Waals surface area contributed by atoms with Crippen molar-refractivity contribution in [2.75, 3.05) is 13.7 Å². The molecule has 6 nitrogen and oxygen atoms in total. The van der Waals surface area contributed by atoms with Gasteiger partial charge in [0.1, 0.15) is 11.4 Å². The van der Waals surface area contributed by atoms with Crippen LogP contribution in [-0.4, -0.2) is 40.5 Å². The topological polar surface area (TPSA) is 79.7 Å². The summed E-state index contributed by atoms with van der Waals surface area (Å²) in [6, 6.07) is 8.37. The van der Waals surface area contributed by atoms with E-state index >= 15 is 0 Å². The third kappa shape index (κ3) is 5.44. The van der Waals surface area contributed by atoms with E-state index in [9.17, 15) is 22.8 Å². The zero-order chi connectivity index (χ0) is 20.2. The quantitative estimate of drug-likeness (QED) is 0.830. The summed E-state index contributed by atoms with van der Waals surface area (Å²) < 4.78 is 43.1. The molecule has 1 aromatic heterocycles. The summed E-state index contributed by atoms with van der Waals surface area (Å²) in [6.07, 6.45) is -4.57. The lowest BCUT2D eigenvalue weighted by Crippen LogP contribution is -2.27. The molecule has 0 fully saturated rings. The number of carbonyl (C=O) groups is 2. The number of halogens is 3. The second-order valence-electron chi connectivity index (χ2n) is 5.81. The van der Waals surface area contributed by atoms with Gasteiger partial charge in [-0.25, -0.2) is 9.78 Å². The molecule has 0 aliphatic heterocycles. The Hall–Kier alpha value is -3.10. The first-order valence-corrected chi connectivity index (χ1v) is 7.82. The molecular weight excluding hydrogens is 365 g/mol. The van der Waals surface area contributed by atoms with Gasteiger partial charge in [0.2, 0.25) is 0 Å². The van der Waals surface area contributed by atoms with Gasteiger partial charge in [-0.3, -0.25) is 4.79 Å². The summed E-state index contributed by atoms with van der Waals surface area (Å²) >= 11 is 0. The summed E-state index contributed by atoms with van der Waals surface area (Å²) in [5.41, 5.74) is -0.215. The van der Waals surface area contributed by atoms with Crippen molar-refractivity contribution in [3.63, 3.8) is 0 Å². The second-order valence-corrected chi connectivity index (χ2v) is 5.81. The number of hydrogen-bond donors (Lipinski definition) is 1. The van der Waals surface area contributed by atoms with Gasteiger partial charge in [0.25, 0.3) is 5.91 Å². The number of pyridine rings is 1. The monoisotopic (exact) mass is 382 g/mol. The van der Waals surface area contributed by atoms with Gasteiger partial charge in [-0.15, -0.1) is 0 Å². The van der Waals surface area contributed by atoms with Crippen LogP contribution >= 0.6 is 0 Å². The van der Waals surface area contributed by atoms with Gasteiger partial charge in [-0.05, 0) is 36.8 Å². The molecule has 0 saturated heterocycles. The highest BCUT2D eigenvalue weighted by Gasteiger charge is 2.33. The van der Waals surface area contributed by atoms with E-state index in [2.05, 4.69) is 4.98 Å². The summed E-state index contributed by atoms with van der Waals surface area (Å²) in [5.74, 6) is -1.18. The first kappa shape index (κ1) is 20.2. The maximum Gasteiger partial charge on any atom is 0.433 e. The number of carboxylic acids is 1. The van der Waals surface area contributed by atoms with Gasteiger partial charge in [0.05, 0.1) is 11.3 Å². The molecule has 0 saturated carbocycles. The average molecular weight is 382 g/mol. The summed E-state index contributed by atoms with van der Waals surface area (Å²) in [4.78, 5) is 27.8. The standard InChI is InChI=1S/C18H17F3N2O4/c1-11-14(7-8-15(22-11)18(19,20)21)17(26)23(2)9-12-3-5-13(6-4-12)27-10-16(24)25/h3-8H,9-10H2,1-2H3,(H,24,25). The number of ether oxygens (including phenoxy) is 1. The first-order valence-electron chi connectivity index (χ1n) is 7.82. The highest BCUT2D eigenvalue weighted by atomic mass is 19.4. The molecule has 1 amide bonds. The maximum absolute atomic E-state index is 12.7. The fourth-order valence-electron chi connectivity index (χ4n) is 2.33. The Balaban J connectivity index is 2.06. The molecule has 2 rings (SSSR count). The molecule has 0 aliphatic rings. The molecule has 0 unspecified atom stereocenters. The highest BCUT2D eigenvalue weighted by molar-refractivity contribution is 5.95. The molecule has 2 aromatic rings. The summed E-state index contributed by atoms with van der Waals surface area (Å²) in [6.45, 7) is 1.10. The van der Waals surface area contributed by atoms with E-state index in [0.29, 0.717) is 5.75 Å². The third-order valence-electron chi connectivity index (χ3n) is 3.66. The molecule has 0 aliphatic carbocycles. The number of carbonyl (C=O) groups excluding carboxylic acids is 1. The van der Waals surface area contributed by atoms with Crippen molar-refractivity contribution in [3.8, 4) is 5.75 Å². The predicted molar refractivity (Wildman–Crippen MR) is 89.3 cm³/mol. The largest absolute Gasteiger partial charge is 0.482 e. The minimum atomic E-state index is -4.57. The van der Waals surface area contributed by atoms with Crippen LogP contribution < -0.4 is 4.74 Å². The Morgan fingerprint density at radius 1 is 1.15 bits per heavy atom. The lowest BCUT2D eigenvalue weighted by molar-refractivity contribution is -0.141. The van der Waals surface area contributed by atoms with Crippen LogP contribution in [0.3, 0.4) is 0 Å². The minimum Gasteiger partial charge on any atom is -0.482 e. The number of amides is 1. The van der Waals surface area contributed by atoms with E-state index in [-0.39, 0.29) is 17.8 Å². The molecule has 1 N–H and O–H groups in total. The zero-order valence-electron chi connectivity index (χ0n) is 14.6. The SMILES string of the molecule is Cc1nc(C(F)(F)F)ccc1C(=O)N(C)Cc1ccc(OCC(=O)O)cc1. The zero-order valence-corrected chi connectivity index (χ0v) is 14.6. The highest BCUT2D eigenvalue weighted by Crippen LogP contribution is 2.28. The van der Waals surface area contributed by atoms with Crippen LogP contribution in [0.4, 0.5) is 13.2 Å². The number of carboxylic acid groups (broad SMARTS) is 1. The van der Waals surface area contributed by atoms with Crippen LogP contribution in [0, 0.1) is 6.92 Å². The molecule has 1 aromatic carbocycles. The molecule has 0 bridgehead atoms. The van der Waals surface area contributed by atoms with E-state index in [0.717, 1.165) is 17.7 Å². The van der Waals surface area contributed by atoms with Crippen LogP contribution in [0.5, 0.6) is 5.75 Å².